The largest absolute Gasteiger partial charge is 0.494 e. The Hall–Kier alpha value is -0.853. The van der Waals surface area contributed by atoms with Crippen LogP contribution >= 0.6 is 0 Å². The third-order valence-corrected chi connectivity index (χ3v) is 7.60. The first-order chi connectivity index (χ1) is 10.1. The minimum atomic E-state index is -3.42. The van der Waals surface area contributed by atoms with Gasteiger partial charge in [-0.25, -0.2) is 0 Å². The Morgan fingerprint density at radius 2 is 1.86 bits per heavy atom. The fraction of sp³-hybridized carbons (Fsp3) is 0.625. The van der Waals surface area contributed by atoms with Crippen molar-refractivity contribution in [1.82, 2.24) is 0 Å². The van der Waals surface area contributed by atoms with Gasteiger partial charge in [0.05, 0.1) is 26.5 Å². The van der Waals surface area contributed by atoms with Gasteiger partial charge in [-0.05, 0) is 36.9 Å². The summed E-state index contributed by atoms with van der Waals surface area (Å²) < 4.78 is 34.3. The molecule has 0 bridgehead atoms. The molecule has 2 rings (SSSR count). The first-order valence-corrected chi connectivity index (χ1v) is 13.1. The molecule has 0 aliphatic heterocycles. The highest BCUT2D eigenvalue weighted by Gasteiger charge is 2.62. The number of para-hydroxylation sites is 1. The van der Waals surface area contributed by atoms with Crippen molar-refractivity contribution in [3.05, 3.63) is 30.3 Å². The molecule has 2 atom stereocenters. The minimum absolute atomic E-state index is 0.409. The lowest BCUT2D eigenvalue weighted by Gasteiger charge is -2.23. The van der Waals surface area contributed by atoms with E-state index in [2.05, 4.69) is 19.6 Å². The number of rotatable bonds is 8. The molecule has 0 radical (unpaired) electrons. The summed E-state index contributed by atoms with van der Waals surface area (Å²) in [5.74, 6) is 0.845. The maximum absolute atomic E-state index is 11.6. The second-order valence-corrected chi connectivity index (χ2v) is 14.2. The molecular formula is C16H26O4SSi. The molecule has 1 aromatic carbocycles. The lowest BCUT2D eigenvalue weighted by Crippen LogP contribution is -2.30. The van der Waals surface area contributed by atoms with Crippen molar-refractivity contribution in [2.75, 3.05) is 12.9 Å². The zero-order chi connectivity index (χ0) is 16.4. The molecule has 1 fully saturated rings. The molecule has 6 heteroatoms. The average molecular weight is 343 g/mol. The molecular weight excluding hydrogens is 316 g/mol. The van der Waals surface area contributed by atoms with Crippen LogP contribution in [0.5, 0.6) is 5.75 Å². The van der Waals surface area contributed by atoms with Crippen LogP contribution in [0, 0.1) is 0 Å². The Morgan fingerprint density at radius 1 is 1.23 bits per heavy atom. The van der Waals surface area contributed by atoms with Crippen molar-refractivity contribution in [3.63, 3.8) is 0 Å². The van der Waals surface area contributed by atoms with E-state index in [-0.39, 0.29) is 0 Å². The topological polar surface area (TPSA) is 52.6 Å². The molecule has 4 nitrogen and oxygen atoms in total. The number of hydrogen-bond donors (Lipinski definition) is 0. The lowest BCUT2D eigenvalue weighted by atomic mass is 10.2. The van der Waals surface area contributed by atoms with E-state index < -0.39 is 23.8 Å². The Balaban J connectivity index is 1.89. The molecule has 0 N–H and O–H groups in total. The third-order valence-electron chi connectivity index (χ3n) is 4.14. The Kier molecular flexibility index (Phi) is 5.04. The molecule has 0 unspecified atom stereocenters. The molecule has 0 saturated heterocycles. The lowest BCUT2D eigenvalue weighted by molar-refractivity contribution is 0.163. The maximum Gasteiger partial charge on any atom is 0.264 e. The second-order valence-electron chi connectivity index (χ2n) is 7.24. The summed E-state index contributed by atoms with van der Waals surface area (Å²) in [7, 11) is -4.83. The summed E-state index contributed by atoms with van der Waals surface area (Å²) in [6, 6.07) is 9.66. The maximum atomic E-state index is 11.6. The number of hydrogen-bond acceptors (Lipinski definition) is 4. The number of benzene rings is 1. The van der Waals surface area contributed by atoms with Crippen molar-refractivity contribution in [3.8, 4) is 5.75 Å². The highest BCUT2D eigenvalue weighted by Crippen LogP contribution is 2.60. The molecule has 1 aliphatic carbocycles. The standard InChI is InChI=1S/C16H26O4SSi/c1-21(17,18)20-16(13-15(16)22(2,3)4)11-8-12-19-14-9-6-5-7-10-14/h5-7,9-10,15H,8,11-13H2,1-4H3/t15-,16-/m1/s1. The van der Waals surface area contributed by atoms with Gasteiger partial charge in [0.2, 0.25) is 0 Å². The van der Waals surface area contributed by atoms with E-state index in [9.17, 15) is 8.42 Å². The predicted molar refractivity (Wildman–Crippen MR) is 91.5 cm³/mol. The van der Waals surface area contributed by atoms with Crippen molar-refractivity contribution in [1.29, 1.82) is 0 Å². The summed E-state index contributed by atoms with van der Waals surface area (Å²) >= 11 is 0. The van der Waals surface area contributed by atoms with Crippen LogP contribution in [0.25, 0.3) is 0 Å². The molecule has 1 saturated carbocycles. The molecule has 0 aromatic heterocycles. The van der Waals surface area contributed by atoms with E-state index in [1.807, 2.05) is 30.3 Å². The monoisotopic (exact) mass is 342 g/mol. The fourth-order valence-corrected chi connectivity index (χ4v) is 6.87. The van der Waals surface area contributed by atoms with Gasteiger partial charge in [-0.3, -0.25) is 4.18 Å². The molecule has 1 aromatic rings. The Bertz CT molecular complexity index is 594. The summed E-state index contributed by atoms with van der Waals surface area (Å²) in [4.78, 5) is 0. The smallest absolute Gasteiger partial charge is 0.264 e. The van der Waals surface area contributed by atoms with E-state index in [0.29, 0.717) is 12.1 Å². The molecule has 22 heavy (non-hydrogen) atoms. The van der Waals surface area contributed by atoms with Crippen LogP contribution in [0.4, 0.5) is 0 Å². The van der Waals surface area contributed by atoms with Gasteiger partial charge in [0.25, 0.3) is 10.1 Å². The van der Waals surface area contributed by atoms with E-state index in [1.165, 1.54) is 0 Å². The van der Waals surface area contributed by atoms with Gasteiger partial charge in [-0.15, -0.1) is 0 Å². The van der Waals surface area contributed by atoms with Gasteiger partial charge in [0.15, 0.2) is 0 Å². The van der Waals surface area contributed by atoms with Crippen LogP contribution in [-0.4, -0.2) is 35.0 Å². The van der Waals surface area contributed by atoms with E-state index in [4.69, 9.17) is 8.92 Å². The zero-order valence-electron chi connectivity index (χ0n) is 13.8. The van der Waals surface area contributed by atoms with Crippen LogP contribution in [0.1, 0.15) is 19.3 Å². The van der Waals surface area contributed by atoms with Crippen molar-refractivity contribution < 1.29 is 17.3 Å². The molecule has 0 heterocycles. The minimum Gasteiger partial charge on any atom is -0.494 e. The Morgan fingerprint density at radius 3 is 2.36 bits per heavy atom. The summed E-state index contributed by atoms with van der Waals surface area (Å²) in [5.41, 5.74) is -0.0654. The first-order valence-electron chi connectivity index (χ1n) is 7.71. The normalized spacial score (nSPS) is 25.0. The van der Waals surface area contributed by atoms with Gasteiger partial charge < -0.3 is 4.74 Å². The average Bonchev–Trinajstić information content (AvgIpc) is 3.08. The van der Waals surface area contributed by atoms with Gasteiger partial charge in [0.1, 0.15) is 5.75 Å². The van der Waals surface area contributed by atoms with Crippen LogP contribution in [0.15, 0.2) is 30.3 Å². The van der Waals surface area contributed by atoms with Crippen LogP contribution in [-0.2, 0) is 14.3 Å². The molecule has 0 spiro atoms. The molecule has 124 valence electrons. The summed E-state index contributed by atoms with van der Waals surface area (Å²) in [5, 5.41) is 0. The highest BCUT2D eigenvalue weighted by atomic mass is 32.2. The van der Waals surface area contributed by atoms with Crippen LogP contribution in [0.3, 0.4) is 0 Å². The van der Waals surface area contributed by atoms with Crippen LogP contribution < -0.4 is 4.74 Å². The number of ether oxygens (including phenoxy) is 1. The van der Waals surface area contributed by atoms with E-state index >= 15 is 0 Å². The second kappa shape index (κ2) is 6.33. The molecule has 0 amide bonds. The zero-order valence-corrected chi connectivity index (χ0v) is 15.7. The first kappa shape index (κ1) is 17.5. The van der Waals surface area contributed by atoms with Gasteiger partial charge in [-0.2, -0.15) is 8.42 Å². The molecule has 1 aliphatic rings. The third kappa shape index (κ3) is 4.83. The summed E-state index contributed by atoms with van der Waals surface area (Å²) in [6.45, 7) is 7.39. The van der Waals surface area contributed by atoms with Crippen LogP contribution in [0.2, 0.25) is 25.2 Å². The van der Waals surface area contributed by atoms with Gasteiger partial charge >= 0.3 is 0 Å². The highest BCUT2D eigenvalue weighted by molar-refractivity contribution is 7.86. The van der Waals surface area contributed by atoms with E-state index in [0.717, 1.165) is 31.3 Å². The van der Waals surface area contributed by atoms with Gasteiger partial charge in [-0.1, -0.05) is 37.8 Å². The predicted octanol–water partition coefficient (Wildman–Crippen LogP) is 3.67. The summed E-state index contributed by atoms with van der Waals surface area (Å²) in [6.07, 6.45) is 3.54. The van der Waals surface area contributed by atoms with Crippen molar-refractivity contribution in [2.45, 2.75) is 50.0 Å². The Labute approximate surface area is 135 Å². The van der Waals surface area contributed by atoms with Crippen molar-refractivity contribution in [2.24, 2.45) is 0 Å². The SMILES string of the molecule is C[Si](C)(C)[C@@H]1C[C@@]1(CCCOc1ccccc1)OS(C)(=O)=O. The fourth-order valence-electron chi connectivity index (χ4n) is 3.17. The van der Waals surface area contributed by atoms with Crippen molar-refractivity contribution >= 4 is 18.2 Å². The van der Waals surface area contributed by atoms with E-state index in [1.54, 1.807) is 0 Å². The quantitative estimate of drug-likeness (QED) is 0.411. The van der Waals surface area contributed by atoms with Gasteiger partial charge in [0, 0.05) is 0 Å².